The molecule has 31 heavy (non-hydrogen) atoms. The van der Waals surface area contributed by atoms with Crippen molar-refractivity contribution in [2.24, 2.45) is 0 Å². The van der Waals surface area contributed by atoms with E-state index >= 15 is 0 Å². The first-order valence-corrected chi connectivity index (χ1v) is 9.73. The molecule has 2 rings (SSSR count). The Balaban J connectivity index is 2.39. The molecule has 0 saturated carbocycles. The van der Waals surface area contributed by atoms with Gasteiger partial charge in [-0.2, -0.15) is 23.7 Å². The van der Waals surface area contributed by atoms with Crippen LogP contribution in [0, 0.1) is 36.5 Å². The molecular formula is C23H23F3N4O. The van der Waals surface area contributed by atoms with Gasteiger partial charge in [-0.1, -0.05) is 19.1 Å². The minimum Gasteiger partial charge on any atom is -0.349 e. The molecule has 5 nitrogen and oxygen atoms in total. The molecule has 0 unspecified atom stereocenters. The minimum atomic E-state index is -4.63. The number of alkyl halides is 3. The summed E-state index contributed by atoms with van der Waals surface area (Å²) in [6.45, 7) is 4.71. The van der Waals surface area contributed by atoms with Gasteiger partial charge in [0.2, 0.25) is 0 Å². The zero-order chi connectivity index (χ0) is 23.2. The number of carbonyl (C=O) groups excluding carboxylic acids is 1. The van der Waals surface area contributed by atoms with Gasteiger partial charge >= 0.3 is 6.18 Å². The molecule has 0 N–H and O–H groups in total. The molecule has 0 aliphatic carbocycles. The van der Waals surface area contributed by atoms with Crippen molar-refractivity contribution < 1.29 is 18.0 Å². The molecule has 0 bridgehead atoms. The predicted molar refractivity (Wildman–Crippen MR) is 110 cm³/mol. The predicted octanol–water partition coefficient (Wildman–Crippen LogP) is 4.88. The van der Waals surface area contributed by atoms with Crippen molar-refractivity contribution in [3.63, 3.8) is 0 Å². The van der Waals surface area contributed by atoms with Crippen molar-refractivity contribution in [1.29, 1.82) is 10.5 Å². The van der Waals surface area contributed by atoms with Crippen LogP contribution in [0.4, 0.5) is 13.2 Å². The fourth-order valence-electron chi connectivity index (χ4n) is 3.33. The van der Waals surface area contributed by atoms with E-state index in [0.717, 1.165) is 24.4 Å². The maximum Gasteiger partial charge on any atom is 0.406 e. The second-order valence-corrected chi connectivity index (χ2v) is 7.23. The van der Waals surface area contributed by atoms with E-state index in [4.69, 9.17) is 5.26 Å². The van der Waals surface area contributed by atoms with Crippen LogP contribution in [-0.2, 0) is 17.9 Å². The minimum absolute atomic E-state index is 0.335. The third-order valence-electron chi connectivity index (χ3n) is 4.82. The van der Waals surface area contributed by atoms with E-state index in [1.54, 1.807) is 6.07 Å². The lowest BCUT2D eigenvalue weighted by Crippen LogP contribution is -2.39. The van der Waals surface area contributed by atoms with E-state index in [1.807, 2.05) is 37.5 Å². The van der Waals surface area contributed by atoms with Gasteiger partial charge in [0, 0.05) is 24.5 Å². The number of hydrogen-bond donors (Lipinski definition) is 0. The molecule has 8 heteroatoms. The van der Waals surface area contributed by atoms with E-state index in [1.165, 1.54) is 30.3 Å². The van der Waals surface area contributed by atoms with Gasteiger partial charge in [-0.3, -0.25) is 4.79 Å². The number of aryl methyl sites for hydroxylation is 1. The third-order valence-corrected chi connectivity index (χ3v) is 4.82. The third kappa shape index (κ3) is 6.23. The Morgan fingerprint density at radius 2 is 1.84 bits per heavy atom. The molecule has 0 aliphatic heterocycles. The molecule has 1 aromatic heterocycles. The van der Waals surface area contributed by atoms with Crippen molar-refractivity contribution in [3.8, 4) is 12.1 Å². The van der Waals surface area contributed by atoms with Crippen LogP contribution in [0.1, 0.15) is 41.4 Å². The molecule has 0 atom stereocenters. The monoisotopic (exact) mass is 428 g/mol. The van der Waals surface area contributed by atoms with Gasteiger partial charge in [-0.05, 0) is 55.7 Å². The van der Waals surface area contributed by atoms with Gasteiger partial charge in [0.15, 0.2) is 0 Å². The number of aromatic nitrogens is 1. The molecule has 2 aromatic rings. The van der Waals surface area contributed by atoms with Crippen LogP contribution in [-0.4, -0.2) is 28.1 Å². The zero-order valence-corrected chi connectivity index (χ0v) is 17.6. The zero-order valence-electron chi connectivity index (χ0n) is 17.6. The molecule has 0 radical (unpaired) electrons. The Labute approximate surface area is 179 Å². The van der Waals surface area contributed by atoms with Crippen LogP contribution < -0.4 is 0 Å². The summed E-state index contributed by atoms with van der Waals surface area (Å²) < 4.78 is 41.5. The molecule has 0 fully saturated rings. The van der Waals surface area contributed by atoms with Crippen molar-refractivity contribution in [1.82, 2.24) is 9.47 Å². The average molecular weight is 428 g/mol. The van der Waals surface area contributed by atoms with E-state index < -0.39 is 18.6 Å². The Morgan fingerprint density at radius 1 is 1.19 bits per heavy atom. The summed E-state index contributed by atoms with van der Waals surface area (Å²) in [7, 11) is 0. The highest BCUT2D eigenvalue weighted by Crippen LogP contribution is 2.23. The number of benzene rings is 1. The largest absolute Gasteiger partial charge is 0.406 e. The Bertz CT molecular complexity index is 1050. The quantitative estimate of drug-likeness (QED) is 0.466. The summed E-state index contributed by atoms with van der Waals surface area (Å²) in [6, 6.07) is 11.4. The summed E-state index contributed by atoms with van der Waals surface area (Å²) in [4.78, 5) is 13.5. The smallest absolute Gasteiger partial charge is 0.349 e. The van der Waals surface area contributed by atoms with Crippen LogP contribution >= 0.6 is 0 Å². The maximum atomic E-state index is 13.1. The van der Waals surface area contributed by atoms with Gasteiger partial charge in [-0.15, -0.1) is 0 Å². The first-order valence-electron chi connectivity index (χ1n) is 9.73. The second-order valence-electron chi connectivity index (χ2n) is 7.23. The van der Waals surface area contributed by atoms with E-state index in [9.17, 15) is 23.2 Å². The maximum absolute atomic E-state index is 13.1. The molecule has 0 aliphatic rings. The van der Waals surface area contributed by atoms with Crippen molar-refractivity contribution in [2.45, 2.75) is 46.5 Å². The number of nitrogens with zero attached hydrogens (tertiary/aromatic N) is 4. The van der Waals surface area contributed by atoms with E-state index in [-0.39, 0.29) is 12.1 Å². The normalized spacial score (nSPS) is 11.7. The fraction of sp³-hybridized carbons (Fsp3) is 0.348. The fourth-order valence-corrected chi connectivity index (χ4v) is 3.33. The van der Waals surface area contributed by atoms with Crippen molar-refractivity contribution in [3.05, 3.63) is 64.0 Å². The summed E-state index contributed by atoms with van der Waals surface area (Å²) in [5, 5.41) is 18.4. The molecular weight excluding hydrogens is 405 g/mol. The van der Waals surface area contributed by atoms with E-state index in [2.05, 4.69) is 0 Å². The first-order chi connectivity index (χ1) is 14.6. The average Bonchev–Trinajstić information content (AvgIpc) is 2.98. The van der Waals surface area contributed by atoms with Gasteiger partial charge in [0.25, 0.3) is 5.91 Å². The Kier molecular flexibility index (Phi) is 7.66. The van der Waals surface area contributed by atoms with Crippen LogP contribution in [0.2, 0.25) is 0 Å². The lowest BCUT2D eigenvalue weighted by atomic mass is 10.1. The molecule has 162 valence electrons. The van der Waals surface area contributed by atoms with Crippen molar-refractivity contribution >= 4 is 12.0 Å². The Morgan fingerprint density at radius 3 is 2.35 bits per heavy atom. The highest BCUT2D eigenvalue weighted by Gasteiger charge is 2.34. The van der Waals surface area contributed by atoms with Crippen LogP contribution in [0.25, 0.3) is 6.08 Å². The van der Waals surface area contributed by atoms with Crippen LogP contribution in [0.5, 0.6) is 0 Å². The van der Waals surface area contributed by atoms with Gasteiger partial charge in [-0.25, -0.2) is 0 Å². The highest BCUT2D eigenvalue weighted by atomic mass is 19.4. The number of amides is 1. The lowest BCUT2D eigenvalue weighted by Gasteiger charge is -2.24. The second kappa shape index (κ2) is 9.99. The number of halogens is 3. The standard InChI is InChI=1S/C23H23F3N4O/c1-4-9-30-16(2)10-20(17(30)3)11-21(13-28)22(31)29(15-23(24,25)26)14-19-7-5-18(12-27)6-8-19/h5-8,10-11H,4,9,14-15H2,1-3H3/b21-11-. The topological polar surface area (TPSA) is 72.8 Å². The van der Waals surface area contributed by atoms with Crippen molar-refractivity contribution in [2.75, 3.05) is 6.54 Å². The molecule has 1 amide bonds. The van der Waals surface area contributed by atoms with Gasteiger partial charge < -0.3 is 9.47 Å². The number of rotatable bonds is 7. The van der Waals surface area contributed by atoms with Crippen LogP contribution in [0.15, 0.2) is 35.9 Å². The molecule has 0 spiro atoms. The Hall–Kier alpha value is -3.52. The summed E-state index contributed by atoms with van der Waals surface area (Å²) in [5.74, 6) is -0.996. The molecule has 1 heterocycles. The highest BCUT2D eigenvalue weighted by molar-refractivity contribution is 6.01. The van der Waals surface area contributed by atoms with Gasteiger partial charge in [0.1, 0.15) is 18.2 Å². The molecule has 1 aromatic carbocycles. The summed E-state index contributed by atoms with van der Waals surface area (Å²) >= 11 is 0. The summed E-state index contributed by atoms with van der Waals surface area (Å²) in [6.07, 6.45) is -2.38. The van der Waals surface area contributed by atoms with E-state index in [0.29, 0.717) is 21.6 Å². The molecule has 0 saturated heterocycles. The first kappa shape index (κ1) is 23.8. The number of carbonyl (C=O) groups is 1. The van der Waals surface area contributed by atoms with Gasteiger partial charge in [0.05, 0.1) is 11.6 Å². The SMILES string of the molecule is CCCn1c(C)cc(/C=C(/C#N)C(=O)N(Cc2ccc(C#N)cc2)CC(F)(F)F)c1C. The number of nitriles is 2. The lowest BCUT2D eigenvalue weighted by molar-refractivity contribution is -0.159. The number of hydrogen-bond acceptors (Lipinski definition) is 3. The summed E-state index contributed by atoms with van der Waals surface area (Å²) in [5.41, 5.74) is 2.83. The van der Waals surface area contributed by atoms with Crippen LogP contribution in [0.3, 0.4) is 0 Å².